The smallest absolute Gasteiger partial charge is 0.221 e. The number of aromatic nitrogens is 3. The van der Waals surface area contributed by atoms with Gasteiger partial charge in [0.05, 0.1) is 22.9 Å². The zero-order valence-corrected chi connectivity index (χ0v) is 12.3. The van der Waals surface area contributed by atoms with Crippen LogP contribution >= 0.6 is 11.3 Å². The molecule has 0 saturated carbocycles. The largest absolute Gasteiger partial charge is 0.478 e. The maximum Gasteiger partial charge on any atom is 0.221 e. The fraction of sp³-hybridized carbons (Fsp3) is 0.462. The van der Waals surface area contributed by atoms with E-state index in [4.69, 9.17) is 4.74 Å². The summed E-state index contributed by atoms with van der Waals surface area (Å²) in [5.74, 6) is 1.47. The van der Waals surface area contributed by atoms with Crippen molar-refractivity contribution in [1.82, 2.24) is 15.0 Å². The van der Waals surface area contributed by atoms with E-state index in [-0.39, 0.29) is 0 Å². The van der Waals surface area contributed by atoms with Gasteiger partial charge >= 0.3 is 0 Å². The molecule has 0 amide bonds. The maximum atomic E-state index is 5.44. The normalized spacial score (nSPS) is 10.5. The van der Waals surface area contributed by atoms with E-state index in [1.807, 2.05) is 20.8 Å². The molecule has 0 aromatic carbocycles. The Bertz CT molecular complexity index is 541. The Morgan fingerprint density at radius 3 is 2.84 bits per heavy atom. The molecule has 0 fully saturated rings. The number of hydrogen-bond acceptors (Lipinski definition) is 6. The molecule has 0 atom stereocenters. The van der Waals surface area contributed by atoms with Crippen LogP contribution < -0.4 is 10.1 Å². The van der Waals surface area contributed by atoms with E-state index in [9.17, 15) is 0 Å². The molecule has 6 heteroatoms. The fourth-order valence-electron chi connectivity index (χ4n) is 1.73. The molecule has 5 nitrogen and oxygen atoms in total. The van der Waals surface area contributed by atoms with E-state index in [0.717, 1.165) is 35.0 Å². The summed E-state index contributed by atoms with van der Waals surface area (Å²) in [7, 11) is 0. The summed E-state index contributed by atoms with van der Waals surface area (Å²) < 4.78 is 5.44. The van der Waals surface area contributed by atoms with Crippen LogP contribution in [-0.4, -0.2) is 28.1 Å². The van der Waals surface area contributed by atoms with E-state index in [1.165, 1.54) is 6.33 Å². The van der Waals surface area contributed by atoms with Crippen molar-refractivity contribution in [1.29, 1.82) is 0 Å². The van der Waals surface area contributed by atoms with Gasteiger partial charge in [0.25, 0.3) is 0 Å². The zero-order chi connectivity index (χ0) is 13.7. The third-order valence-corrected chi connectivity index (χ3v) is 3.48. The topological polar surface area (TPSA) is 59.9 Å². The van der Waals surface area contributed by atoms with Crippen LogP contribution in [0.3, 0.4) is 0 Å². The van der Waals surface area contributed by atoms with Crippen molar-refractivity contribution in [2.75, 3.05) is 18.5 Å². The van der Waals surface area contributed by atoms with Gasteiger partial charge in [-0.05, 0) is 20.8 Å². The number of thiazole rings is 1. The van der Waals surface area contributed by atoms with E-state index in [2.05, 4.69) is 25.6 Å². The summed E-state index contributed by atoms with van der Waals surface area (Å²) in [5, 5.41) is 6.50. The highest BCUT2D eigenvalue weighted by atomic mass is 32.1. The van der Waals surface area contributed by atoms with Crippen LogP contribution in [0.1, 0.15) is 23.2 Å². The van der Waals surface area contributed by atoms with Crippen LogP contribution in [0.4, 0.5) is 5.82 Å². The van der Waals surface area contributed by atoms with Gasteiger partial charge in [-0.3, -0.25) is 0 Å². The molecule has 0 saturated heterocycles. The lowest BCUT2D eigenvalue weighted by Gasteiger charge is -2.10. The molecular formula is C13H18N4OS. The molecule has 2 aromatic rings. The molecule has 2 rings (SSSR count). The average molecular weight is 278 g/mol. The molecule has 0 radical (unpaired) electrons. The minimum Gasteiger partial charge on any atom is -0.478 e. The number of hydrogen-bond donors (Lipinski definition) is 1. The van der Waals surface area contributed by atoms with Crippen molar-refractivity contribution >= 4 is 17.2 Å². The lowest BCUT2D eigenvalue weighted by molar-refractivity contribution is 0.324. The molecule has 0 unspecified atom stereocenters. The molecule has 2 heterocycles. The molecule has 2 aromatic heterocycles. The van der Waals surface area contributed by atoms with Crippen molar-refractivity contribution < 1.29 is 4.74 Å². The highest BCUT2D eigenvalue weighted by molar-refractivity contribution is 7.09. The molecule has 0 aliphatic heterocycles. The van der Waals surface area contributed by atoms with E-state index < -0.39 is 0 Å². The summed E-state index contributed by atoms with van der Waals surface area (Å²) in [4.78, 5) is 12.8. The van der Waals surface area contributed by atoms with Crippen LogP contribution in [0, 0.1) is 13.8 Å². The van der Waals surface area contributed by atoms with Crippen LogP contribution in [0.2, 0.25) is 0 Å². The molecule has 19 heavy (non-hydrogen) atoms. The Hall–Kier alpha value is -1.69. The zero-order valence-electron chi connectivity index (χ0n) is 11.4. The first-order valence-electron chi connectivity index (χ1n) is 6.30. The van der Waals surface area contributed by atoms with Crippen molar-refractivity contribution in [2.45, 2.75) is 27.2 Å². The summed E-state index contributed by atoms with van der Waals surface area (Å²) in [6.07, 6.45) is 2.41. The molecule has 1 N–H and O–H groups in total. The number of nitrogens with one attached hydrogen (secondary N) is 1. The van der Waals surface area contributed by atoms with Gasteiger partial charge in [-0.2, -0.15) is 0 Å². The van der Waals surface area contributed by atoms with Gasteiger partial charge in [0.1, 0.15) is 12.1 Å². The van der Waals surface area contributed by atoms with Gasteiger partial charge in [-0.15, -0.1) is 11.3 Å². The van der Waals surface area contributed by atoms with Crippen LogP contribution in [-0.2, 0) is 6.42 Å². The maximum absolute atomic E-state index is 5.44. The number of ether oxygens (including phenoxy) is 1. The molecular weight excluding hydrogens is 260 g/mol. The average Bonchev–Trinajstić information content (AvgIpc) is 2.80. The highest BCUT2D eigenvalue weighted by Crippen LogP contribution is 2.20. The first kappa shape index (κ1) is 13.7. The standard InChI is InChI=1S/C13H18N4OS/c1-4-18-13-9(2)12(15-8-16-13)14-6-5-11-7-19-10(3)17-11/h7-8H,4-6H2,1-3H3,(H,14,15,16). The highest BCUT2D eigenvalue weighted by Gasteiger charge is 2.07. The van der Waals surface area contributed by atoms with Crippen molar-refractivity contribution in [3.63, 3.8) is 0 Å². The quantitative estimate of drug-likeness (QED) is 0.880. The number of aryl methyl sites for hydroxylation is 1. The van der Waals surface area contributed by atoms with Gasteiger partial charge in [0, 0.05) is 18.3 Å². The fourth-order valence-corrected chi connectivity index (χ4v) is 2.37. The minimum absolute atomic E-state index is 0.607. The van der Waals surface area contributed by atoms with Crippen LogP contribution in [0.25, 0.3) is 0 Å². The van der Waals surface area contributed by atoms with E-state index in [1.54, 1.807) is 11.3 Å². The third kappa shape index (κ3) is 3.64. The second-order valence-corrected chi connectivity index (χ2v) is 5.18. The Morgan fingerprint density at radius 1 is 1.32 bits per heavy atom. The Kier molecular flexibility index (Phi) is 4.68. The third-order valence-electron chi connectivity index (χ3n) is 2.66. The van der Waals surface area contributed by atoms with E-state index in [0.29, 0.717) is 12.5 Å². The number of anilines is 1. The van der Waals surface area contributed by atoms with Gasteiger partial charge in [0.15, 0.2) is 0 Å². The summed E-state index contributed by atoms with van der Waals surface area (Å²) in [6.45, 7) is 7.33. The minimum atomic E-state index is 0.607. The SMILES string of the molecule is CCOc1ncnc(NCCc2csc(C)n2)c1C. The summed E-state index contributed by atoms with van der Waals surface area (Å²) in [6, 6.07) is 0. The lowest BCUT2D eigenvalue weighted by Crippen LogP contribution is -2.09. The Morgan fingerprint density at radius 2 is 2.16 bits per heavy atom. The van der Waals surface area contributed by atoms with Crippen molar-refractivity contribution in [2.24, 2.45) is 0 Å². The Balaban J connectivity index is 1.94. The number of rotatable bonds is 6. The van der Waals surface area contributed by atoms with Gasteiger partial charge in [-0.1, -0.05) is 0 Å². The lowest BCUT2D eigenvalue weighted by atomic mass is 10.3. The van der Waals surface area contributed by atoms with E-state index >= 15 is 0 Å². The molecule has 0 bridgehead atoms. The predicted molar refractivity (Wildman–Crippen MR) is 77.0 cm³/mol. The molecule has 0 aliphatic carbocycles. The Labute approximate surface area is 117 Å². The summed E-state index contributed by atoms with van der Waals surface area (Å²) in [5.41, 5.74) is 2.06. The van der Waals surface area contributed by atoms with Gasteiger partial charge < -0.3 is 10.1 Å². The van der Waals surface area contributed by atoms with Gasteiger partial charge in [0.2, 0.25) is 5.88 Å². The second kappa shape index (κ2) is 6.47. The van der Waals surface area contributed by atoms with Crippen LogP contribution in [0.5, 0.6) is 5.88 Å². The van der Waals surface area contributed by atoms with Crippen molar-refractivity contribution in [3.05, 3.63) is 28.0 Å². The first-order valence-corrected chi connectivity index (χ1v) is 7.18. The van der Waals surface area contributed by atoms with Gasteiger partial charge in [-0.25, -0.2) is 15.0 Å². The molecule has 0 aliphatic rings. The van der Waals surface area contributed by atoms with Crippen LogP contribution in [0.15, 0.2) is 11.7 Å². The predicted octanol–water partition coefficient (Wildman–Crippen LogP) is 2.60. The number of nitrogens with zero attached hydrogens (tertiary/aromatic N) is 3. The second-order valence-electron chi connectivity index (χ2n) is 4.12. The summed E-state index contributed by atoms with van der Waals surface area (Å²) >= 11 is 1.68. The first-order chi connectivity index (χ1) is 9.20. The monoisotopic (exact) mass is 278 g/mol. The molecule has 0 spiro atoms. The van der Waals surface area contributed by atoms with Crippen molar-refractivity contribution in [3.8, 4) is 5.88 Å². The molecule has 102 valence electrons.